The zero-order valence-corrected chi connectivity index (χ0v) is 17.4. The molecule has 1 aromatic carbocycles. The van der Waals surface area contributed by atoms with Crippen LogP contribution in [0.4, 0.5) is 4.79 Å². The molecule has 1 atom stereocenters. The molecule has 0 unspecified atom stereocenters. The Morgan fingerprint density at radius 2 is 1.55 bits per heavy atom. The predicted octanol–water partition coefficient (Wildman–Crippen LogP) is 2.24. The topological polar surface area (TPSA) is 134 Å². The molecular weight excluding hydrogens is 380 g/mol. The van der Waals surface area contributed by atoms with E-state index in [9.17, 15) is 19.2 Å². The fraction of sp³-hybridized carbons (Fsp3) is 0.500. The second kappa shape index (κ2) is 10.4. The Bertz CT molecular complexity index is 769. The van der Waals surface area contributed by atoms with E-state index < -0.39 is 35.6 Å². The summed E-state index contributed by atoms with van der Waals surface area (Å²) >= 11 is 0. The smallest absolute Gasteiger partial charge is 0.408 e. The van der Waals surface area contributed by atoms with Gasteiger partial charge in [0.1, 0.15) is 11.6 Å². The Morgan fingerprint density at radius 3 is 2.03 bits per heavy atom. The highest BCUT2D eigenvalue weighted by Crippen LogP contribution is 2.30. The number of alkyl carbamates (subject to hydrolysis) is 1. The molecule has 0 aromatic heterocycles. The Labute approximate surface area is 169 Å². The lowest BCUT2D eigenvalue weighted by Crippen LogP contribution is -2.47. The molecule has 1 aromatic rings. The van der Waals surface area contributed by atoms with E-state index in [4.69, 9.17) is 19.9 Å². The maximum absolute atomic E-state index is 12.0. The number of carbonyl (C=O) groups is 4. The number of nitrogens with one attached hydrogen (secondary N) is 1. The number of amides is 2. The molecule has 160 valence electrons. The summed E-state index contributed by atoms with van der Waals surface area (Å²) in [6, 6.07) is 3.43. The predicted molar refractivity (Wildman–Crippen MR) is 104 cm³/mol. The van der Waals surface area contributed by atoms with Crippen molar-refractivity contribution in [3.63, 3.8) is 0 Å². The van der Waals surface area contributed by atoms with Crippen LogP contribution in [-0.2, 0) is 25.5 Å². The number of ether oxygens (including phenoxy) is 3. The second-order valence-electron chi connectivity index (χ2n) is 7.24. The van der Waals surface area contributed by atoms with Crippen LogP contribution >= 0.6 is 0 Å². The van der Waals surface area contributed by atoms with Crippen LogP contribution in [0.5, 0.6) is 11.5 Å². The van der Waals surface area contributed by atoms with Crippen LogP contribution in [0.2, 0.25) is 0 Å². The van der Waals surface area contributed by atoms with Crippen molar-refractivity contribution >= 4 is 23.9 Å². The largest absolute Gasteiger partial charge is 0.444 e. The van der Waals surface area contributed by atoms with Crippen molar-refractivity contribution in [3.05, 3.63) is 23.8 Å². The molecule has 0 fully saturated rings. The van der Waals surface area contributed by atoms with Gasteiger partial charge in [0.25, 0.3) is 0 Å². The van der Waals surface area contributed by atoms with Crippen LogP contribution in [0.1, 0.15) is 53.0 Å². The highest BCUT2D eigenvalue weighted by atomic mass is 16.6. The van der Waals surface area contributed by atoms with Crippen LogP contribution in [0.25, 0.3) is 0 Å². The molecule has 2 amide bonds. The average Bonchev–Trinajstić information content (AvgIpc) is 2.61. The molecule has 0 saturated heterocycles. The van der Waals surface area contributed by atoms with Gasteiger partial charge in [-0.2, -0.15) is 0 Å². The molecule has 0 aliphatic heterocycles. The van der Waals surface area contributed by atoms with Crippen molar-refractivity contribution in [1.82, 2.24) is 5.32 Å². The van der Waals surface area contributed by atoms with Crippen molar-refractivity contribution in [3.8, 4) is 11.5 Å². The summed E-state index contributed by atoms with van der Waals surface area (Å²) in [6.45, 7) is 8.33. The first kappa shape index (κ1) is 23.9. The minimum atomic E-state index is -1.05. The zero-order chi connectivity index (χ0) is 22.2. The van der Waals surface area contributed by atoms with Gasteiger partial charge in [0, 0.05) is 19.3 Å². The minimum Gasteiger partial charge on any atom is -0.444 e. The Kier molecular flexibility index (Phi) is 8.62. The van der Waals surface area contributed by atoms with Crippen LogP contribution in [-0.4, -0.2) is 35.6 Å². The van der Waals surface area contributed by atoms with Crippen LogP contribution in [0, 0.1) is 0 Å². The molecule has 0 aliphatic rings. The number of esters is 2. The fourth-order valence-corrected chi connectivity index (χ4v) is 2.14. The van der Waals surface area contributed by atoms with E-state index in [1.165, 1.54) is 12.1 Å². The van der Waals surface area contributed by atoms with Gasteiger partial charge in [0.2, 0.25) is 5.91 Å². The number of hydrogen-bond donors (Lipinski definition) is 2. The van der Waals surface area contributed by atoms with E-state index >= 15 is 0 Å². The number of primary amides is 1. The first-order valence-corrected chi connectivity index (χ1v) is 9.28. The summed E-state index contributed by atoms with van der Waals surface area (Å²) in [4.78, 5) is 47.0. The Hall–Kier alpha value is -3.10. The molecule has 0 heterocycles. The van der Waals surface area contributed by atoms with E-state index in [0.29, 0.717) is 5.56 Å². The van der Waals surface area contributed by atoms with Crippen molar-refractivity contribution < 1.29 is 33.4 Å². The SMILES string of the molecule is CCC(=O)Oc1ccc(C[C@H](NC(=O)OC(C)(C)C)C(N)=O)cc1OC(=O)CC. The van der Waals surface area contributed by atoms with Crippen LogP contribution < -0.4 is 20.5 Å². The van der Waals surface area contributed by atoms with Crippen molar-refractivity contribution in [1.29, 1.82) is 0 Å². The van der Waals surface area contributed by atoms with Crippen LogP contribution in [0.3, 0.4) is 0 Å². The lowest BCUT2D eigenvalue weighted by Gasteiger charge is -2.22. The summed E-state index contributed by atoms with van der Waals surface area (Å²) in [6.07, 6.45) is -0.498. The molecule has 0 aliphatic carbocycles. The van der Waals surface area contributed by atoms with Gasteiger partial charge in [-0.1, -0.05) is 19.9 Å². The lowest BCUT2D eigenvalue weighted by molar-refractivity contribution is -0.136. The van der Waals surface area contributed by atoms with E-state index in [1.54, 1.807) is 40.7 Å². The third-order valence-electron chi connectivity index (χ3n) is 3.51. The van der Waals surface area contributed by atoms with Crippen LogP contribution in [0.15, 0.2) is 18.2 Å². The van der Waals surface area contributed by atoms with Gasteiger partial charge in [-0.15, -0.1) is 0 Å². The molecule has 0 spiro atoms. The van der Waals surface area contributed by atoms with Gasteiger partial charge >= 0.3 is 18.0 Å². The van der Waals surface area contributed by atoms with Crippen molar-refractivity contribution in [2.75, 3.05) is 0 Å². The van der Waals surface area contributed by atoms with Crippen molar-refractivity contribution in [2.45, 2.75) is 65.5 Å². The second-order valence-corrected chi connectivity index (χ2v) is 7.24. The zero-order valence-electron chi connectivity index (χ0n) is 17.4. The summed E-state index contributed by atoms with van der Waals surface area (Å²) < 4.78 is 15.5. The quantitative estimate of drug-likeness (QED) is 0.497. The maximum Gasteiger partial charge on any atom is 0.408 e. The highest BCUT2D eigenvalue weighted by molar-refractivity contribution is 5.84. The molecule has 3 N–H and O–H groups in total. The van der Waals surface area contributed by atoms with Gasteiger partial charge in [-0.05, 0) is 38.5 Å². The standard InChI is InChI=1S/C20H28N2O7/c1-6-16(23)27-14-9-8-12(11-15(14)28-17(24)7-2)10-13(18(21)25)22-19(26)29-20(3,4)5/h8-9,11,13H,6-7,10H2,1-5H3,(H2,21,25)(H,22,26)/t13-/m0/s1. The van der Waals surface area contributed by atoms with Gasteiger partial charge in [0.15, 0.2) is 11.5 Å². The highest BCUT2D eigenvalue weighted by Gasteiger charge is 2.24. The maximum atomic E-state index is 12.0. The van der Waals surface area contributed by atoms with Crippen molar-refractivity contribution in [2.24, 2.45) is 5.73 Å². The van der Waals surface area contributed by atoms with E-state index in [0.717, 1.165) is 0 Å². The fourth-order valence-electron chi connectivity index (χ4n) is 2.14. The molecule has 29 heavy (non-hydrogen) atoms. The normalized spacial score (nSPS) is 11.9. The third-order valence-corrected chi connectivity index (χ3v) is 3.51. The van der Waals surface area contributed by atoms with Gasteiger partial charge in [0.05, 0.1) is 0 Å². The Morgan fingerprint density at radius 1 is 1.00 bits per heavy atom. The third kappa shape index (κ3) is 8.63. The minimum absolute atomic E-state index is 0.0211. The summed E-state index contributed by atoms with van der Waals surface area (Å²) in [5, 5.41) is 2.42. The number of hydrogen-bond acceptors (Lipinski definition) is 7. The molecule has 0 saturated carbocycles. The van der Waals surface area contributed by atoms with E-state index in [2.05, 4.69) is 5.32 Å². The van der Waals surface area contributed by atoms with E-state index in [-0.39, 0.29) is 30.8 Å². The summed E-state index contributed by atoms with van der Waals surface area (Å²) in [5.74, 6) is -1.65. The monoisotopic (exact) mass is 408 g/mol. The van der Waals surface area contributed by atoms with Gasteiger partial charge in [-0.25, -0.2) is 4.79 Å². The summed E-state index contributed by atoms with van der Waals surface area (Å²) in [7, 11) is 0. The molecule has 9 nitrogen and oxygen atoms in total. The molecule has 1 rings (SSSR count). The van der Waals surface area contributed by atoms with Gasteiger partial charge in [-0.3, -0.25) is 14.4 Å². The molecular formula is C20H28N2O7. The average molecular weight is 408 g/mol. The number of carbonyl (C=O) groups excluding carboxylic acids is 4. The van der Waals surface area contributed by atoms with E-state index in [1.807, 2.05) is 0 Å². The lowest BCUT2D eigenvalue weighted by atomic mass is 10.0. The molecule has 0 radical (unpaired) electrons. The number of benzene rings is 1. The number of rotatable bonds is 8. The molecule has 9 heteroatoms. The Balaban J connectivity index is 3.06. The van der Waals surface area contributed by atoms with Gasteiger partial charge < -0.3 is 25.3 Å². The first-order chi connectivity index (χ1) is 13.4. The first-order valence-electron chi connectivity index (χ1n) is 9.28. The molecule has 0 bridgehead atoms. The number of nitrogens with two attached hydrogens (primary N) is 1. The summed E-state index contributed by atoms with van der Waals surface area (Å²) in [5.41, 5.74) is 5.18.